The number of hydrogen-bond acceptors (Lipinski definition) is 7. The highest BCUT2D eigenvalue weighted by Gasteiger charge is 2.40. The summed E-state index contributed by atoms with van der Waals surface area (Å²) < 4.78 is 27.9. The average Bonchev–Trinajstić information content (AvgIpc) is 2.97. The molecule has 10 nitrogen and oxygen atoms in total. The van der Waals surface area contributed by atoms with Crippen LogP contribution in [0.2, 0.25) is 36.3 Å². The number of carbonyl (C=O) groups excluding carboxylic acids is 1. The molecule has 1 heterocycles. The first-order valence-corrected chi connectivity index (χ1v) is 20.5. The second kappa shape index (κ2) is 16.3. The Kier molecular flexibility index (Phi) is 13.8. The summed E-state index contributed by atoms with van der Waals surface area (Å²) in [5.74, 6) is 0.343. The van der Waals surface area contributed by atoms with E-state index in [-0.39, 0.29) is 25.0 Å². The van der Waals surface area contributed by atoms with Crippen LogP contribution >= 0.6 is 0 Å². The van der Waals surface area contributed by atoms with Crippen LogP contribution in [0.4, 0.5) is 0 Å². The smallest absolute Gasteiger partial charge is 0.335 e. The first kappa shape index (κ1) is 36.4. The van der Waals surface area contributed by atoms with Gasteiger partial charge in [0.1, 0.15) is 18.6 Å². The highest BCUT2D eigenvalue weighted by molar-refractivity contribution is 6.74. The van der Waals surface area contributed by atoms with Crippen molar-refractivity contribution in [2.24, 2.45) is 0 Å². The van der Waals surface area contributed by atoms with Crippen LogP contribution in [0, 0.1) is 0 Å². The maximum atomic E-state index is 13.4. The lowest BCUT2D eigenvalue weighted by Gasteiger charge is -2.39. The topological polar surface area (TPSA) is 110 Å². The summed E-state index contributed by atoms with van der Waals surface area (Å²) >= 11 is 0. The Bertz CT molecular complexity index is 1290. The fourth-order valence-corrected chi connectivity index (χ4v) is 8.09. The molecule has 1 aromatic carbocycles. The van der Waals surface area contributed by atoms with Crippen LogP contribution in [0.5, 0.6) is 0 Å². The lowest BCUT2D eigenvalue weighted by Crippen LogP contribution is -2.47. The van der Waals surface area contributed by atoms with Gasteiger partial charge in [0, 0.05) is 18.5 Å². The van der Waals surface area contributed by atoms with Crippen molar-refractivity contribution in [3.8, 4) is 0 Å². The van der Waals surface area contributed by atoms with Gasteiger partial charge in [0.25, 0.3) is 5.56 Å². The zero-order valence-electron chi connectivity index (χ0n) is 27.3. The minimum Gasteiger partial charge on any atom is -0.470 e. The quantitative estimate of drug-likeness (QED) is 0.127. The predicted octanol–water partition coefficient (Wildman–Crippen LogP) is 5.72. The Hall–Kier alpha value is -2.78. The van der Waals surface area contributed by atoms with Gasteiger partial charge in [-0.25, -0.2) is 9.36 Å². The first-order chi connectivity index (χ1) is 20.2. The van der Waals surface area contributed by atoms with Crippen molar-refractivity contribution in [1.29, 1.82) is 0 Å². The van der Waals surface area contributed by atoms with E-state index in [0.717, 1.165) is 28.3 Å². The van der Waals surface area contributed by atoms with Crippen molar-refractivity contribution in [2.75, 3.05) is 6.61 Å². The maximum Gasteiger partial charge on any atom is 0.335 e. The molecule has 0 aliphatic rings. The van der Waals surface area contributed by atoms with Gasteiger partial charge in [-0.2, -0.15) is 0 Å². The number of rotatable bonds is 18. The Morgan fingerprint density at radius 2 is 1.65 bits per heavy atom. The maximum absolute atomic E-state index is 13.4. The highest BCUT2D eigenvalue weighted by Crippen LogP contribution is 2.37. The molecular formula is C31H51N3O7Si2. The third kappa shape index (κ3) is 10.1. The van der Waals surface area contributed by atoms with Gasteiger partial charge >= 0.3 is 5.69 Å². The zero-order valence-corrected chi connectivity index (χ0v) is 29.3. The van der Waals surface area contributed by atoms with Crippen molar-refractivity contribution >= 4 is 23.0 Å². The van der Waals surface area contributed by atoms with E-state index in [2.05, 4.69) is 60.0 Å². The summed E-state index contributed by atoms with van der Waals surface area (Å²) in [5, 5.41) is 2.57. The van der Waals surface area contributed by atoms with E-state index in [1.54, 1.807) is 6.92 Å². The minimum absolute atomic E-state index is 0.0188. The number of ether oxygens (including phenoxy) is 2. The highest BCUT2D eigenvalue weighted by atomic mass is 28.4. The number of carbonyl (C=O) groups is 1. The predicted molar refractivity (Wildman–Crippen MR) is 174 cm³/mol. The van der Waals surface area contributed by atoms with Gasteiger partial charge in [0.15, 0.2) is 22.9 Å². The second-order valence-electron chi connectivity index (χ2n) is 12.2. The lowest BCUT2D eigenvalue weighted by molar-refractivity contribution is -0.108. The SMILES string of the molecule is CC[Si](CC)(CC)O[C@H](CO[Si](C)(C)C(C)(C)C)/C(=C/NC=O)OC(C)n1ccc(=O)n(COCc2ccccc2)c1=O. The van der Waals surface area contributed by atoms with Crippen LogP contribution < -0.4 is 16.6 Å². The summed E-state index contributed by atoms with van der Waals surface area (Å²) in [5.41, 5.74) is -0.128. The Morgan fingerprint density at radius 1 is 1.02 bits per heavy atom. The number of amides is 1. The lowest BCUT2D eigenvalue weighted by atomic mass is 10.2. The molecule has 43 heavy (non-hydrogen) atoms. The van der Waals surface area contributed by atoms with Crippen molar-refractivity contribution in [3.63, 3.8) is 0 Å². The van der Waals surface area contributed by atoms with Crippen molar-refractivity contribution in [2.45, 2.75) is 110 Å². The van der Waals surface area contributed by atoms with Gasteiger partial charge in [0.05, 0.1) is 13.2 Å². The molecule has 0 aliphatic carbocycles. The molecule has 0 spiro atoms. The largest absolute Gasteiger partial charge is 0.470 e. The van der Waals surface area contributed by atoms with Gasteiger partial charge in [0.2, 0.25) is 6.41 Å². The summed E-state index contributed by atoms with van der Waals surface area (Å²) in [6, 6.07) is 13.5. The number of benzene rings is 1. The van der Waals surface area contributed by atoms with E-state index in [4.69, 9.17) is 18.3 Å². The normalized spacial score (nSPS) is 14.3. The second-order valence-corrected chi connectivity index (χ2v) is 21.7. The van der Waals surface area contributed by atoms with Crippen molar-refractivity contribution in [3.05, 3.63) is 81.0 Å². The fraction of sp³-hybridized carbons (Fsp3) is 0.581. The van der Waals surface area contributed by atoms with E-state index in [9.17, 15) is 14.4 Å². The number of nitrogens with one attached hydrogen (secondary N) is 1. The Balaban J connectivity index is 2.40. The van der Waals surface area contributed by atoms with E-state index in [1.165, 1.54) is 23.0 Å². The third-order valence-electron chi connectivity index (χ3n) is 8.46. The molecule has 0 fully saturated rings. The molecule has 2 aromatic rings. The van der Waals surface area contributed by atoms with Gasteiger partial charge in [-0.05, 0) is 48.8 Å². The molecule has 2 rings (SSSR count). The molecule has 1 aromatic heterocycles. The molecular weight excluding hydrogens is 583 g/mol. The van der Waals surface area contributed by atoms with Gasteiger partial charge < -0.3 is 23.6 Å². The fourth-order valence-electron chi connectivity index (χ4n) is 4.31. The summed E-state index contributed by atoms with van der Waals surface area (Å²) in [7, 11) is -4.32. The molecule has 240 valence electrons. The van der Waals surface area contributed by atoms with E-state index >= 15 is 0 Å². The number of aromatic nitrogens is 2. The Labute approximate surface area is 258 Å². The summed E-state index contributed by atoms with van der Waals surface area (Å²) in [6.07, 6.45) is 1.98. The van der Waals surface area contributed by atoms with E-state index in [0.29, 0.717) is 12.2 Å². The standard InChI is InChI=1S/C31H51N3O7Si2/c1-10-43(11-2,12-3)41-28(22-39-42(8,9)31(5,6)7)27(20-32-23-35)40-25(4)33-19-18-29(36)34(30(33)37)24-38-21-26-16-14-13-15-17-26/h13-20,23,25,28H,10-12,21-22,24H2,1-9H3,(H,32,35)/b27-20-/t25?,28-/m1/s1. The molecule has 1 unspecified atom stereocenters. The zero-order chi connectivity index (χ0) is 32.3. The molecule has 0 saturated heterocycles. The van der Waals surface area contributed by atoms with E-state index in [1.807, 2.05) is 30.3 Å². The average molecular weight is 634 g/mol. The van der Waals surface area contributed by atoms with Crippen molar-refractivity contribution < 1.29 is 23.1 Å². The molecule has 12 heteroatoms. The monoisotopic (exact) mass is 633 g/mol. The summed E-state index contributed by atoms with van der Waals surface area (Å²) in [6.45, 7) is 19.3. The van der Waals surface area contributed by atoms with Crippen LogP contribution in [0.25, 0.3) is 0 Å². The first-order valence-electron chi connectivity index (χ1n) is 15.1. The molecule has 0 aliphatic heterocycles. The summed E-state index contributed by atoms with van der Waals surface area (Å²) in [4.78, 5) is 37.3. The van der Waals surface area contributed by atoms with Crippen molar-refractivity contribution in [1.82, 2.24) is 14.5 Å². The van der Waals surface area contributed by atoms with Gasteiger partial charge in [-0.15, -0.1) is 0 Å². The number of nitrogens with zero attached hydrogens (tertiary/aromatic N) is 2. The third-order valence-corrected chi connectivity index (χ3v) is 17.6. The molecule has 1 N–H and O–H groups in total. The Morgan fingerprint density at radius 3 is 2.21 bits per heavy atom. The van der Waals surface area contributed by atoms with E-state index < -0.39 is 40.2 Å². The van der Waals surface area contributed by atoms with Crippen LogP contribution in [-0.2, 0) is 36.5 Å². The number of hydrogen-bond donors (Lipinski definition) is 1. The molecule has 2 atom stereocenters. The molecule has 0 bridgehead atoms. The molecule has 0 saturated carbocycles. The van der Waals surface area contributed by atoms with Crippen LogP contribution in [0.15, 0.2) is 64.1 Å². The van der Waals surface area contributed by atoms with Gasteiger partial charge in [-0.3, -0.25) is 14.2 Å². The molecule has 1 amide bonds. The van der Waals surface area contributed by atoms with Gasteiger partial charge in [-0.1, -0.05) is 71.9 Å². The minimum atomic E-state index is -2.16. The van der Waals surface area contributed by atoms with Crippen LogP contribution in [0.1, 0.15) is 60.3 Å². The molecule has 0 radical (unpaired) electrons. The van der Waals surface area contributed by atoms with Crippen LogP contribution in [0.3, 0.4) is 0 Å². The van der Waals surface area contributed by atoms with Crippen LogP contribution in [-0.4, -0.2) is 44.9 Å².